The van der Waals surface area contributed by atoms with Crippen LogP contribution in [-0.2, 0) is 4.79 Å². The Labute approximate surface area is 118 Å². The average molecular weight is 276 g/mol. The fraction of sp³-hybridized carbons (Fsp3) is 0.600. The van der Waals surface area contributed by atoms with Crippen molar-refractivity contribution in [2.45, 2.75) is 25.7 Å². The molecule has 108 valence electrons. The Morgan fingerprint density at radius 3 is 3.00 bits per heavy atom. The van der Waals surface area contributed by atoms with Crippen molar-refractivity contribution in [1.29, 1.82) is 0 Å². The lowest BCUT2D eigenvalue weighted by atomic mass is 9.76. The van der Waals surface area contributed by atoms with Gasteiger partial charge < -0.3 is 14.6 Å². The van der Waals surface area contributed by atoms with Crippen LogP contribution in [0.15, 0.2) is 22.8 Å². The first-order valence-corrected chi connectivity index (χ1v) is 7.21. The van der Waals surface area contributed by atoms with Gasteiger partial charge in [0.1, 0.15) is 0 Å². The zero-order valence-corrected chi connectivity index (χ0v) is 11.7. The Kier molecular flexibility index (Phi) is 3.28. The molecule has 0 aromatic carbocycles. The van der Waals surface area contributed by atoms with Crippen molar-refractivity contribution in [2.24, 2.45) is 11.3 Å². The summed E-state index contributed by atoms with van der Waals surface area (Å²) in [6.07, 6.45) is 5.47. The number of hydrogen-bond acceptors (Lipinski definition) is 3. The minimum atomic E-state index is -0.0607. The molecule has 1 aliphatic heterocycles. The van der Waals surface area contributed by atoms with Gasteiger partial charge in [-0.3, -0.25) is 9.59 Å². The second-order valence-corrected chi connectivity index (χ2v) is 5.88. The second kappa shape index (κ2) is 4.96. The minimum Gasteiger partial charge on any atom is -0.459 e. The molecule has 3 rings (SSSR count). The molecule has 1 aromatic heterocycles. The van der Waals surface area contributed by atoms with Crippen molar-refractivity contribution in [3.8, 4) is 0 Å². The Hall–Kier alpha value is -1.78. The van der Waals surface area contributed by atoms with Gasteiger partial charge in [0.2, 0.25) is 5.91 Å². The van der Waals surface area contributed by atoms with Crippen molar-refractivity contribution in [1.82, 2.24) is 10.2 Å². The lowest BCUT2D eigenvalue weighted by Crippen LogP contribution is -2.40. The van der Waals surface area contributed by atoms with Crippen molar-refractivity contribution in [2.75, 3.05) is 20.1 Å². The maximum atomic E-state index is 12.3. The predicted octanol–water partition coefficient (Wildman–Crippen LogP) is 1.66. The highest BCUT2D eigenvalue weighted by Crippen LogP contribution is 2.49. The van der Waals surface area contributed by atoms with Crippen molar-refractivity contribution in [3.05, 3.63) is 24.2 Å². The van der Waals surface area contributed by atoms with E-state index >= 15 is 0 Å². The van der Waals surface area contributed by atoms with E-state index in [1.165, 1.54) is 6.26 Å². The van der Waals surface area contributed by atoms with Crippen LogP contribution < -0.4 is 5.32 Å². The summed E-state index contributed by atoms with van der Waals surface area (Å²) in [7, 11) is 1.69. The summed E-state index contributed by atoms with van der Waals surface area (Å²) in [4.78, 5) is 26.2. The molecule has 1 saturated heterocycles. The summed E-state index contributed by atoms with van der Waals surface area (Å²) in [6, 6.07) is 3.42. The predicted molar refractivity (Wildman–Crippen MR) is 73.1 cm³/mol. The van der Waals surface area contributed by atoms with E-state index < -0.39 is 0 Å². The molecule has 1 saturated carbocycles. The molecule has 0 bridgehead atoms. The van der Waals surface area contributed by atoms with Crippen molar-refractivity contribution < 1.29 is 14.0 Å². The number of carbonyl (C=O) groups excluding carboxylic acids is 2. The maximum Gasteiger partial charge on any atom is 0.289 e. The zero-order valence-electron chi connectivity index (χ0n) is 11.7. The van der Waals surface area contributed by atoms with Gasteiger partial charge in [0.05, 0.1) is 6.26 Å². The van der Waals surface area contributed by atoms with Crippen LogP contribution in [0.3, 0.4) is 0 Å². The Bertz CT molecular complexity index is 511. The topological polar surface area (TPSA) is 62.6 Å². The zero-order chi connectivity index (χ0) is 14.2. The van der Waals surface area contributed by atoms with E-state index in [0.29, 0.717) is 18.8 Å². The van der Waals surface area contributed by atoms with E-state index in [4.69, 9.17) is 4.42 Å². The SMILES string of the molecule is CNC(=O)[C@@H]1CCC[C@]12CCN(C(=O)c1ccco1)C2. The van der Waals surface area contributed by atoms with Gasteiger partial charge in [-0.05, 0) is 31.4 Å². The van der Waals surface area contributed by atoms with Crippen LogP contribution in [-0.4, -0.2) is 36.9 Å². The summed E-state index contributed by atoms with van der Waals surface area (Å²) in [6.45, 7) is 1.39. The average Bonchev–Trinajstić information content (AvgIpc) is 3.19. The second-order valence-electron chi connectivity index (χ2n) is 5.88. The molecule has 2 atom stereocenters. The van der Waals surface area contributed by atoms with E-state index in [-0.39, 0.29) is 23.1 Å². The third-order valence-electron chi connectivity index (χ3n) is 4.87. The first kappa shape index (κ1) is 13.2. The van der Waals surface area contributed by atoms with Crippen LogP contribution in [0.1, 0.15) is 36.2 Å². The van der Waals surface area contributed by atoms with Gasteiger partial charge in [-0.1, -0.05) is 6.42 Å². The molecule has 1 spiro atoms. The number of hydrogen-bond donors (Lipinski definition) is 1. The lowest BCUT2D eigenvalue weighted by Gasteiger charge is -2.30. The number of likely N-dealkylation sites (tertiary alicyclic amines) is 1. The van der Waals surface area contributed by atoms with Crippen molar-refractivity contribution in [3.63, 3.8) is 0 Å². The quantitative estimate of drug-likeness (QED) is 0.893. The third kappa shape index (κ3) is 2.01. The van der Waals surface area contributed by atoms with Crippen LogP contribution in [0.2, 0.25) is 0 Å². The third-order valence-corrected chi connectivity index (χ3v) is 4.87. The van der Waals surface area contributed by atoms with Gasteiger partial charge in [-0.2, -0.15) is 0 Å². The molecule has 2 amide bonds. The highest BCUT2D eigenvalue weighted by atomic mass is 16.3. The van der Waals surface area contributed by atoms with Gasteiger partial charge in [-0.25, -0.2) is 0 Å². The number of amides is 2. The summed E-state index contributed by atoms with van der Waals surface area (Å²) in [5, 5.41) is 2.77. The molecule has 2 fully saturated rings. The molecule has 20 heavy (non-hydrogen) atoms. The van der Waals surface area contributed by atoms with Crippen LogP contribution in [0, 0.1) is 11.3 Å². The van der Waals surface area contributed by atoms with E-state index in [9.17, 15) is 9.59 Å². The Balaban J connectivity index is 1.75. The smallest absolute Gasteiger partial charge is 0.289 e. The molecule has 1 aromatic rings. The molecule has 1 N–H and O–H groups in total. The summed E-state index contributed by atoms with van der Waals surface area (Å²) in [5.41, 5.74) is -0.0255. The molecule has 5 nitrogen and oxygen atoms in total. The van der Waals surface area contributed by atoms with E-state index in [2.05, 4.69) is 5.32 Å². The number of rotatable bonds is 2. The molecular formula is C15H20N2O3. The molecule has 1 aliphatic carbocycles. The molecule has 0 radical (unpaired) electrons. The molecule has 2 heterocycles. The van der Waals surface area contributed by atoms with Crippen LogP contribution >= 0.6 is 0 Å². The van der Waals surface area contributed by atoms with Gasteiger partial charge in [-0.15, -0.1) is 0 Å². The normalized spacial score (nSPS) is 29.1. The Morgan fingerprint density at radius 1 is 1.45 bits per heavy atom. The van der Waals surface area contributed by atoms with Gasteiger partial charge >= 0.3 is 0 Å². The first-order chi connectivity index (χ1) is 9.66. The van der Waals surface area contributed by atoms with E-state index in [1.54, 1.807) is 19.2 Å². The van der Waals surface area contributed by atoms with Crippen molar-refractivity contribution >= 4 is 11.8 Å². The fourth-order valence-electron chi connectivity index (χ4n) is 3.84. The Morgan fingerprint density at radius 2 is 2.30 bits per heavy atom. The van der Waals surface area contributed by atoms with Crippen LogP contribution in [0.4, 0.5) is 0 Å². The standard InChI is InChI=1S/C15H20N2O3/c1-16-13(18)11-4-2-6-15(11)7-8-17(10-15)14(19)12-5-3-9-20-12/h3,5,9,11H,2,4,6-8,10H2,1H3,(H,16,18)/t11-,15+/m0/s1. The molecule has 0 unspecified atom stereocenters. The highest BCUT2D eigenvalue weighted by Gasteiger charge is 2.51. The number of nitrogens with one attached hydrogen (secondary N) is 1. The number of nitrogens with zero attached hydrogens (tertiary/aromatic N) is 1. The van der Waals surface area contributed by atoms with Gasteiger partial charge in [0.15, 0.2) is 5.76 Å². The fourth-order valence-corrected chi connectivity index (χ4v) is 3.84. The highest BCUT2D eigenvalue weighted by molar-refractivity contribution is 5.91. The number of carbonyl (C=O) groups is 2. The minimum absolute atomic E-state index is 0.0255. The molecule has 5 heteroatoms. The number of furan rings is 1. The van der Waals surface area contributed by atoms with Crippen LogP contribution in [0.25, 0.3) is 0 Å². The molecule has 2 aliphatic rings. The largest absolute Gasteiger partial charge is 0.459 e. The van der Waals surface area contributed by atoms with Gasteiger partial charge in [0.25, 0.3) is 5.91 Å². The molecular weight excluding hydrogens is 256 g/mol. The van der Waals surface area contributed by atoms with E-state index in [0.717, 1.165) is 25.7 Å². The summed E-state index contributed by atoms with van der Waals surface area (Å²) < 4.78 is 5.18. The summed E-state index contributed by atoms with van der Waals surface area (Å²) in [5.74, 6) is 0.489. The first-order valence-electron chi connectivity index (χ1n) is 7.21. The monoisotopic (exact) mass is 276 g/mol. The van der Waals surface area contributed by atoms with Gasteiger partial charge in [0, 0.05) is 31.5 Å². The summed E-state index contributed by atoms with van der Waals surface area (Å²) >= 11 is 0. The maximum absolute atomic E-state index is 12.3. The lowest BCUT2D eigenvalue weighted by molar-refractivity contribution is -0.127. The van der Waals surface area contributed by atoms with Crippen LogP contribution in [0.5, 0.6) is 0 Å². The van der Waals surface area contributed by atoms with E-state index in [1.807, 2.05) is 4.90 Å².